The molecule has 3 heterocycles. The Kier molecular flexibility index (Phi) is 4.40. The summed E-state index contributed by atoms with van der Waals surface area (Å²) < 4.78 is 0.635. The fourth-order valence-corrected chi connectivity index (χ4v) is 5.43. The molecule has 0 N–H and O–H groups in total. The van der Waals surface area contributed by atoms with E-state index < -0.39 is 0 Å². The van der Waals surface area contributed by atoms with Gasteiger partial charge in [0.15, 0.2) is 0 Å². The zero-order valence-electron chi connectivity index (χ0n) is 15.9. The quantitative estimate of drug-likeness (QED) is 0.503. The second-order valence-electron chi connectivity index (χ2n) is 7.38. The summed E-state index contributed by atoms with van der Waals surface area (Å²) in [7, 11) is 0. The van der Waals surface area contributed by atoms with Gasteiger partial charge < -0.3 is 4.90 Å². The van der Waals surface area contributed by atoms with Crippen LogP contribution in [0.2, 0.25) is 0 Å². The van der Waals surface area contributed by atoms with Crippen LogP contribution in [0.15, 0.2) is 70.4 Å². The van der Waals surface area contributed by atoms with Gasteiger partial charge >= 0.3 is 0 Å². The molecule has 0 aliphatic carbocycles. The van der Waals surface area contributed by atoms with E-state index in [0.29, 0.717) is 15.8 Å². The number of nitrogens with zero attached hydrogens (tertiary/aromatic N) is 2. The highest BCUT2D eigenvalue weighted by atomic mass is 32.2. The molecule has 1 aromatic rings. The Morgan fingerprint density at radius 1 is 1.19 bits per heavy atom. The van der Waals surface area contributed by atoms with Crippen LogP contribution in [0.4, 0.5) is 5.69 Å². The molecule has 3 nitrogen and oxygen atoms in total. The highest BCUT2D eigenvalue weighted by Crippen LogP contribution is 2.52. The van der Waals surface area contributed by atoms with E-state index in [4.69, 9.17) is 12.2 Å². The molecule has 0 spiro atoms. The Labute approximate surface area is 170 Å². The molecule has 1 aromatic carbocycles. The number of likely N-dealkylation sites (N-methyl/N-ethyl adjacent to an activating group) is 1. The third-order valence-electron chi connectivity index (χ3n) is 5.37. The molecule has 0 aromatic heterocycles. The van der Waals surface area contributed by atoms with Crippen molar-refractivity contribution in [2.45, 2.75) is 33.1 Å². The first-order valence-electron chi connectivity index (χ1n) is 9.11. The number of carbonyl (C=O) groups is 1. The van der Waals surface area contributed by atoms with Gasteiger partial charge in [-0.15, -0.1) is 0 Å². The van der Waals surface area contributed by atoms with E-state index in [1.165, 1.54) is 34.3 Å². The number of amides is 1. The van der Waals surface area contributed by atoms with Crippen LogP contribution in [0.25, 0.3) is 0 Å². The van der Waals surface area contributed by atoms with Gasteiger partial charge in [-0.2, -0.15) is 0 Å². The molecular weight excluding hydrogens is 372 g/mol. The minimum Gasteiger partial charge on any atom is -0.313 e. The highest BCUT2D eigenvalue weighted by molar-refractivity contribution is 8.26. The monoisotopic (exact) mass is 394 g/mol. The summed E-state index contributed by atoms with van der Waals surface area (Å²) in [6, 6.07) is 8.55. The normalized spacial score (nSPS) is 23.7. The van der Waals surface area contributed by atoms with Gasteiger partial charge in [-0.1, -0.05) is 62.1 Å². The largest absolute Gasteiger partial charge is 0.313 e. The van der Waals surface area contributed by atoms with E-state index in [0.717, 1.165) is 5.70 Å². The zero-order valence-corrected chi connectivity index (χ0v) is 17.6. The lowest BCUT2D eigenvalue weighted by atomic mass is 9.81. The average Bonchev–Trinajstić information content (AvgIpc) is 3.06. The fourth-order valence-electron chi connectivity index (χ4n) is 4.10. The third-order valence-corrected chi connectivity index (χ3v) is 6.76. The number of fused-ring (bicyclic) bond motifs is 3. The predicted octanol–water partition coefficient (Wildman–Crippen LogP) is 5.28. The Hall–Kier alpha value is -2.11. The lowest BCUT2D eigenvalue weighted by Gasteiger charge is -2.32. The van der Waals surface area contributed by atoms with Crippen molar-refractivity contribution in [3.63, 3.8) is 0 Å². The first-order chi connectivity index (χ1) is 12.9. The number of anilines is 1. The summed E-state index contributed by atoms with van der Waals surface area (Å²) >= 11 is 6.69. The molecule has 0 bridgehead atoms. The molecule has 1 amide bonds. The minimum atomic E-state index is -0.0594. The first-order valence-corrected chi connectivity index (χ1v) is 10.3. The molecule has 4 rings (SSSR count). The maximum atomic E-state index is 12.5. The number of carbonyl (C=O) groups excluding carboxylic acids is 1. The second-order valence-corrected chi connectivity index (χ2v) is 9.06. The van der Waals surface area contributed by atoms with Gasteiger partial charge in [-0.25, -0.2) is 0 Å². The summed E-state index contributed by atoms with van der Waals surface area (Å²) in [5.41, 5.74) is 6.11. The summed E-state index contributed by atoms with van der Waals surface area (Å²) in [5.74, 6) is -0.00163. The van der Waals surface area contributed by atoms with Crippen molar-refractivity contribution in [3.05, 3.63) is 76.0 Å². The number of allylic oxidation sites excluding steroid dienone is 6. The van der Waals surface area contributed by atoms with Crippen LogP contribution in [-0.2, 0) is 10.2 Å². The van der Waals surface area contributed by atoms with Gasteiger partial charge in [0.25, 0.3) is 5.91 Å². The van der Waals surface area contributed by atoms with Gasteiger partial charge in [-0.3, -0.25) is 9.69 Å². The van der Waals surface area contributed by atoms with E-state index in [9.17, 15) is 4.79 Å². The summed E-state index contributed by atoms with van der Waals surface area (Å²) in [5, 5.41) is 0. The van der Waals surface area contributed by atoms with Gasteiger partial charge in [-0.05, 0) is 49.3 Å². The smallest absolute Gasteiger partial charge is 0.266 e. The molecule has 0 unspecified atom stereocenters. The van der Waals surface area contributed by atoms with Crippen LogP contribution < -0.4 is 4.90 Å². The summed E-state index contributed by atoms with van der Waals surface area (Å²) in [6.07, 6.45) is 8.22. The van der Waals surface area contributed by atoms with Gasteiger partial charge in [0.05, 0.1) is 4.91 Å². The van der Waals surface area contributed by atoms with Crippen LogP contribution in [0.1, 0.15) is 33.3 Å². The van der Waals surface area contributed by atoms with Crippen LogP contribution in [-0.4, -0.2) is 21.7 Å². The maximum absolute atomic E-state index is 12.5. The Balaban J connectivity index is 1.78. The van der Waals surface area contributed by atoms with Crippen LogP contribution >= 0.6 is 24.0 Å². The van der Waals surface area contributed by atoms with Crippen molar-refractivity contribution in [2.75, 3.05) is 11.4 Å². The molecule has 1 saturated heterocycles. The number of benzene rings is 1. The van der Waals surface area contributed by atoms with Gasteiger partial charge in [0.1, 0.15) is 4.32 Å². The zero-order chi connectivity index (χ0) is 19.3. The number of thioether (sulfide) groups is 1. The number of hydrogen-bond acceptors (Lipinski definition) is 4. The lowest BCUT2D eigenvalue weighted by Crippen LogP contribution is -2.28. The Morgan fingerprint density at radius 3 is 2.63 bits per heavy atom. The molecule has 0 atom stereocenters. The van der Waals surface area contributed by atoms with Gasteiger partial charge in [0, 0.05) is 29.0 Å². The van der Waals surface area contributed by atoms with Crippen molar-refractivity contribution >= 4 is 39.9 Å². The number of thiocarbonyl (C=S) groups is 1. The predicted molar refractivity (Wildman–Crippen MR) is 118 cm³/mol. The molecule has 3 aliphatic heterocycles. The summed E-state index contributed by atoms with van der Waals surface area (Å²) in [4.78, 5) is 17.1. The van der Waals surface area contributed by atoms with E-state index in [2.05, 4.69) is 62.1 Å². The first kappa shape index (κ1) is 18.3. The van der Waals surface area contributed by atoms with Crippen molar-refractivity contribution in [3.8, 4) is 0 Å². The molecular formula is C22H22N2OS2. The molecule has 0 saturated carbocycles. The molecule has 1 fully saturated rings. The minimum absolute atomic E-state index is 0.00163. The number of para-hydroxylation sites is 1. The Bertz CT molecular complexity index is 982. The molecule has 3 aliphatic rings. The van der Waals surface area contributed by atoms with Crippen LogP contribution in [0.5, 0.6) is 0 Å². The number of rotatable bonds is 2. The maximum Gasteiger partial charge on any atom is 0.266 e. The van der Waals surface area contributed by atoms with Crippen molar-refractivity contribution in [1.82, 2.24) is 4.90 Å². The van der Waals surface area contributed by atoms with Crippen molar-refractivity contribution in [2.24, 2.45) is 0 Å². The molecule has 138 valence electrons. The summed E-state index contributed by atoms with van der Waals surface area (Å²) in [6.45, 7) is 9.26. The van der Waals surface area contributed by atoms with Crippen LogP contribution in [0, 0.1) is 0 Å². The Morgan fingerprint density at radius 2 is 1.93 bits per heavy atom. The van der Waals surface area contributed by atoms with E-state index in [1.807, 2.05) is 19.1 Å². The van der Waals surface area contributed by atoms with Gasteiger partial charge in [0.2, 0.25) is 0 Å². The van der Waals surface area contributed by atoms with E-state index >= 15 is 0 Å². The molecule has 27 heavy (non-hydrogen) atoms. The standard InChI is InChI=1S/C22H22N2OS2/c1-5-23-20(25)18(27-21(23)26)13-12-15-11-10-14(2)19-22(3,4)16-8-6-7-9-17(16)24(15)19/h6-13H,5H2,1-4H3/b15-12+,18-13+. The molecule has 0 radical (unpaired) electrons. The topological polar surface area (TPSA) is 23.6 Å². The average molecular weight is 395 g/mol. The lowest BCUT2D eigenvalue weighted by molar-refractivity contribution is -0.122. The number of hydrogen-bond donors (Lipinski definition) is 0. The molecule has 5 heteroatoms. The van der Waals surface area contributed by atoms with Crippen LogP contribution in [0.3, 0.4) is 0 Å². The second kappa shape index (κ2) is 6.50. The SMILES string of the molecule is CCN1C(=O)/C(=C\C=C2/C=CC(C)=C3N2c2ccccc2C3(C)C)SC1=S. The highest BCUT2D eigenvalue weighted by Gasteiger charge is 2.42. The third kappa shape index (κ3) is 2.72. The fraction of sp³-hybridized carbons (Fsp3) is 0.273. The van der Waals surface area contributed by atoms with Crippen molar-refractivity contribution < 1.29 is 4.79 Å². The van der Waals surface area contributed by atoms with E-state index in [1.54, 1.807) is 4.90 Å². The van der Waals surface area contributed by atoms with E-state index in [-0.39, 0.29) is 11.3 Å². The van der Waals surface area contributed by atoms with Crippen molar-refractivity contribution in [1.29, 1.82) is 0 Å².